The average molecular weight is 289 g/mol. The van der Waals surface area contributed by atoms with E-state index < -0.39 is 0 Å². The number of hydrogen-bond donors (Lipinski definition) is 2. The minimum atomic E-state index is -0.184. The zero-order valence-electron chi connectivity index (χ0n) is 12.5. The minimum Gasteiger partial charge on any atom is -0.326 e. The van der Waals surface area contributed by atoms with Crippen molar-refractivity contribution in [3.05, 3.63) is 30.3 Å². The number of para-hydroxylation sites is 1. The molecule has 2 N–H and O–H groups in total. The van der Waals surface area contributed by atoms with Crippen LogP contribution in [0.15, 0.2) is 30.3 Å². The van der Waals surface area contributed by atoms with E-state index in [9.17, 15) is 9.59 Å². The van der Waals surface area contributed by atoms with Crippen molar-refractivity contribution in [3.63, 3.8) is 0 Å². The van der Waals surface area contributed by atoms with Gasteiger partial charge in [-0.3, -0.25) is 9.59 Å². The summed E-state index contributed by atoms with van der Waals surface area (Å²) in [6, 6.07) is 9.08. The van der Waals surface area contributed by atoms with Crippen molar-refractivity contribution in [1.29, 1.82) is 0 Å². The number of nitrogens with one attached hydrogen (secondary N) is 2. The molecule has 2 fully saturated rings. The van der Waals surface area contributed by atoms with Crippen LogP contribution in [-0.2, 0) is 9.59 Å². The molecule has 0 spiro atoms. The fourth-order valence-electron chi connectivity index (χ4n) is 3.43. The molecule has 0 aromatic heterocycles. The van der Waals surface area contributed by atoms with Crippen LogP contribution in [0.25, 0.3) is 0 Å². The SMILES string of the molecule is CC[NH+]1CC[NH+]([C@@H]2CC(=O)N(c3ccccc3)C2=O)CC1. The second-order valence-corrected chi connectivity index (χ2v) is 5.92. The van der Waals surface area contributed by atoms with E-state index in [1.54, 1.807) is 4.90 Å². The first-order valence-electron chi connectivity index (χ1n) is 7.80. The third-order valence-corrected chi connectivity index (χ3v) is 4.75. The molecule has 0 aliphatic carbocycles. The normalized spacial score (nSPS) is 30.0. The lowest BCUT2D eigenvalue weighted by atomic mass is 10.1. The van der Waals surface area contributed by atoms with Gasteiger partial charge in [-0.2, -0.15) is 0 Å². The van der Waals surface area contributed by atoms with Gasteiger partial charge in [-0.25, -0.2) is 4.90 Å². The summed E-state index contributed by atoms with van der Waals surface area (Å²) in [6.45, 7) is 7.48. The van der Waals surface area contributed by atoms with E-state index in [0.29, 0.717) is 12.1 Å². The summed E-state index contributed by atoms with van der Waals surface area (Å²) in [7, 11) is 0. The summed E-state index contributed by atoms with van der Waals surface area (Å²) in [5.41, 5.74) is 0.701. The number of amides is 2. The highest BCUT2D eigenvalue weighted by Gasteiger charge is 2.46. The molecule has 1 aromatic rings. The summed E-state index contributed by atoms with van der Waals surface area (Å²) < 4.78 is 0. The molecule has 112 valence electrons. The molecule has 0 saturated carbocycles. The number of imide groups is 1. The maximum absolute atomic E-state index is 12.6. The number of anilines is 1. The Morgan fingerprint density at radius 1 is 1.10 bits per heavy atom. The van der Waals surface area contributed by atoms with Crippen LogP contribution in [0.3, 0.4) is 0 Å². The minimum absolute atomic E-state index is 0.0267. The molecule has 2 amide bonds. The Labute approximate surface area is 125 Å². The Balaban J connectivity index is 1.72. The average Bonchev–Trinajstić information content (AvgIpc) is 2.83. The number of carbonyl (C=O) groups is 2. The highest BCUT2D eigenvalue weighted by molar-refractivity contribution is 6.21. The van der Waals surface area contributed by atoms with Gasteiger partial charge in [0.1, 0.15) is 26.2 Å². The second-order valence-electron chi connectivity index (χ2n) is 5.92. The molecular weight excluding hydrogens is 266 g/mol. The van der Waals surface area contributed by atoms with E-state index in [4.69, 9.17) is 0 Å². The molecule has 5 nitrogen and oxygen atoms in total. The highest BCUT2D eigenvalue weighted by Crippen LogP contribution is 2.21. The van der Waals surface area contributed by atoms with Crippen LogP contribution in [0.5, 0.6) is 0 Å². The number of rotatable bonds is 3. The maximum Gasteiger partial charge on any atom is 0.292 e. The summed E-state index contributed by atoms with van der Waals surface area (Å²) in [5, 5.41) is 0. The number of quaternary nitrogens is 2. The molecular formula is C16H23N3O2+2. The van der Waals surface area contributed by atoms with Gasteiger partial charge in [-0.1, -0.05) is 18.2 Å². The summed E-state index contributed by atoms with van der Waals surface area (Å²) in [6.07, 6.45) is 0.352. The third kappa shape index (κ3) is 2.71. The van der Waals surface area contributed by atoms with Crippen molar-refractivity contribution in [3.8, 4) is 0 Å². The topological polar surface area (TPSA) is 46.3 Å². The summed E-state index contributed by atoms with van der Waals surface area (Å²) in [5.74, 6) is -0.0879. The van der Waals surface area contributed by atoms with Crippen molar-refractivity contribution in [2.75, 3.05) is 37.6 Å². The molecule has 2 aliphatic rings. The van der Waals surface area contributed by atoms with Gasteiger partial charge in [0.2, 0.25) is 5.91 Å². The Morgan fingerprint density at radius 2 is 1.76 bits per heavy atom. The monoisotopic (exact) mass is 289 g/mol. The first kappa shape index (κ1) is 14.2. The van der Waals surface area contributed by atoms with Gasteiger partial charge in [-0.05, 0) is 19.1 Å². The Morgan fingerprint density at radius 3 is 2.38 bits per heavy atom. The number of benzene rings is 1. The molecule has 3 rings (SSSR count). The quantitative estimate of drug-likeness (QED) is 0.640. The first-order chi connectivity index (χ1) is 10.2. The van der Waals surface area contributed by atoms with Gasteiger partial charge in [-0.15, -0.1) is 0 Å². The van der Waals surface area contributed by atoms with Crippen LogP contribution in [0.4, 0.5) is 5.69 Å². The molecule has 2 aliphatic heterocycles. The summed E-state index contributed by atoms with van der Waals surface area (Å²) >= 11 is 0. The van der Waals surface area contributed by atoms with Gasteiger partial charge < -0.3 is 9.80 Å². The largest absolute Gasteiger partial charge is 0.326 e. The fraction of sp³-hybridized carbons (Fsp3) is 0.500. The highest BCUT2D eigenvalue weighted by atomic mass is 16.2. The molecule has 21 heavy (non-hydrogen) atoms. The zero-order chi connectivity index (χ0) is 14.8. The molecule has 1 aromatic carbocycles. The molecule has 2 saturated heterocycles. The molecule has 1 atom stereocenters. The number of piperazine rings is 1. The Hall–Kier alpha value is -1.72. The van der Waals surface area contributed by atoms with Crippen molar-refractivity contribution >= 4 is 17.5 Å². The Kier molecular flexibility index (Phi) is 4.03. The van der Waals surface area contributed by atoms with Crippen LogP contribution in [0.1, 0.15) is 13.3 Å². The number of nitrogens with zero attached hydrogens (tertiary/aromatic N) is 1. The maximum atomic E-state index is 12.6. The van der Waals surface area contributed by atoms with E-state index in [2.05, 4.69) is 6.92 Å². The predicted molar refractivity (Wildman–Crippen MR) is 79.3 cm³/mol. The summed E-state index contributed by atoms with van der Waals surface area (Å²) in [4.78, 5) is 29.1. The first-order valence-corrected chi connectivity index (χ1v) is 7.80. The van der Waals surface area contributed by atoms with Crippen molar-refractivity contribution in [2.45, 2.75) is 19.4 Å². The lowest BCUT2D eigenvalue weighted by Crippen LogP contribution is -3.29. The van der Waals surface area contributed by atoms with Gasteiger partial charge in [0, 0.05) is 0 Å². The van der Waals surface area contributed by atoms with Gasteiger partial charge in [0.05, 0.1) is 18.7 Å². The Bertz CT molecular complexity index is 524. The lowest BCUT2D eigenvalue weighted by molar-refractivity contribution is -1.02. The van der Waals surface area contributed by atoms with Gasteiger partial charge in [0.15, 0.2) is 6.04 Å². The molecule has 0 unspecified atom stereocenters. The number of likely N-dealkylation sites (N-methyl/N-ethyl adjacent to an activating group) is 1. The second kappa shape index (κ2) is 5.95. The number of carbonyl (C=O) groups excluding carboxylic acids is 2. The van der Waals surface area contributed by atoms with E-state index in [-0.39, 0.29) is 17.9 Å². The predicted octanol–water partition coefficient (Wildman–Crippen LogP) is -1.88. The van der Waals surface area contributed by atoms with Crippen LogP contribution < -0.4 is 14.7 Å². The number of hydrogen-bond acceptors (Lipinski definition) is 2. The van der Waals surface area contributed by atoms with E-state index in [0.717, 1.165) is 32.7 Å². The lowest BCUT2D eigenvalue weighted by Gasteiger charge is -2.31. The molecule has 0 bridgehead atoms. The van der Waals surface area contributed by atoms with Crippen LogP contribution >= 0.6 is 0 Å². The molecule has 2 heterocycles. The molecule has 5 heteroatoms. The van der Waals surface area contributed by atoms with E-state index in [1.165, 1.54) is 9.80 Å². The van der Waals surface area contributed by atoms with Gasteiger partial charge in [0.25, 0.3) is 5.91 Å². The smallest absolute Gasteiger partial charge is 0.292 e. The van der Waals surface area contributed by atoms with Crippen LogP contribution in [0, 0.1) is 0 Å². The van der Waals surface area contributed by atoms with Crippen molar-refractivity contribution < 1.29 is 19.4 Å². The van der Waals surface area contributed by atoms with E-state index in [1.807, 2.05) is 30.3 Å². The standard InChI is InChI=1S/C16H21N3O2/c1-2-17-8-10-18(11-9-17)14-12-15(20)19(16(14)21)13-6-4-3-5-7-13/h3-7,14H,2,8-12H2,1H3/p+2/t14-/m1/s1. The van der Waals surface area contributed by atoms with Crippen molar-refractivity contribution in [2.24, 2.45) is 0 Å². The van der Waals surface area contributed by atoms with Crippen LogP contribution in [-0.4, -0.2) is 50.6 Å². The zero-order valence-corrected chi connectivity index (χ0v) is 12.5. The third-order valence-electron chi connectivity index (χ3n) is 4.75. The fourth-order valence-corrected chi connectivity index (χ4v) is 3.43. The van der Waals surface area contributed by atoms with Crippen molar-refractivity contribution in [1.82, 2.24) is 0 Å². The molecule has 0 radical (unpaired) electrons. The van der Waals surface area contributed by atoms with E-state index >= 15 is 0 Å². The van der Waals surface area contributed by atoms with Gasteiger partial charge >= 0.3 is 0 Å². The van der Waals surface area contributed by atoms with Crippen LogP contribution in [0.2, 0.25) is 0 Å².